The fourth-order valence-electron chi connectivity index (χ4n) is 2.94. The van der Waals surface area contributed by atoms with E-state index in [1.807, 2.05) is 0 Å². The average molecular weight is 258 g/mol. The van der Waals surface area contributed by atoms with Gasteiger partial charge in [-0.15, -0.1) is 0 Å². The summed E-state index contributed by atoms with van der Waals surface area (Å²) in [6.45, 7) is 5.08. The van der Waals surface area contributed by atoms with Gasteiger partial charge >= 0.3 is 0 Å². The van der Waals surface area contributed by atoms with Gasteiger partial charge in [0.25, 0.3) is 0 Å². The summed E-state index contributed by atoms with van der Waals surface area (Å²) in [5, 5.41) is 3.38. The van der Waals surface area contributed by atoms with Crippen LogP contribution in [0.1, 0.15) is 24.0 Å². The van der Waals surface area contributed by atoms with Crippen molar-refractivity contribution >= 4 is 5.90 Å². The van der Waals surface area contributed by atoms with Crippen LogP contribution in [0.25, 0.3) is 0 Å². The zero-order chi connectivity index (χ0) is 13.1. The largest absolute Gasteiger partial charge is 0.478 e. The summed E-state index contributed by atoms with van der Waals surface area (Å²) in [5.74, 6) is 1.56. The van der Waals surface area contributed by atoms with Gasteiger partial charge in [0.05, 0.1) is 6.04 Å². The summed E-state index contributed by atoms with van der Waals surface area (Å²) in [6.07, 6.45) is 3.32. The second-order valence-electron chi connectivity index (χ2n) is 5.65. The number of hydrogen-bond acceptors (Lipinski definition) is 3. The highest BCUT2D eigenvalue weighted by Gasteiger charge is 2.27. The maximum Gasteiger partial charge on any atom is 0.186 e. The van der Waals surface area contributed by atoms with E-state index in [9.17, 15) is 0 Å². The van der Waals surface area contributed by atoms with E-state index in [1.165, 1.54) is 11.1 Å². The molecule has 1 N–H and O–H groups in total. The van der Waals surface area contributed by atoms with E-state index < -0.39 is 0 Å². The van der Waals surface area contributed by atoms with Crippen LogP contribution in [0.5, 0.6) is 0 Å². The summed E-state index contributed by atoms with van der Waals surface area (Å²) in [5.41, 5.74) is 2.68. The second kappa shape index (κ2) is 5.74. The number of benzene rings is 1. The molecule has 2 aliphatic rings. The molecule has 1 atom stereocenters. The van der Waals surface area contributed by atoms with Gasteiger partial charge in [0, 0.05) is 5.92 Å². The minimum absolute atomic E-state index is 0.312. The molecule has 3 heteroatoms. The standard InChI is InChI=1S/C16H22N2O/c1-12-3-2-4-13(9-12)10-15-11-19-16(18-15)14-5-7-17-8-6-14/h2-4,9,14-15,17H,5-8,10-11H2,1H3. The summed E-state index contributed by atoms with van der Waals surface area (Å²) in [4.78, 5) is 4.80. The van der Waals surface area contributed by atoms with Crippen molar-refractivity contribution in [3.63, 3.8) is 0 Å². The molecule has 1 aromatic carbocycles. The monoisotopic (exact) mass is 258 g/mol. The quantitative estimate of drug-likeness (QED) is 0.903. The van der Waals surface area contributed by atoms with Crippen molar-refractivity contribution in [2.45, 2.75) is 32.2 Å². The number of rotatable bonds is 3. The van der Waals surface area contributed by atoms with E-state index >= 15 is 0 Å². The molecule has 1 fully saturated rings. The Balaban J connectivity index is 1.62. The molecule has 2 heterocycles. The number of nitrogens with zero attached hydrogens (tertiary/aromatic N) is 1. The molecule has 3 nitrogen and oxygen atoms in total. The lowest BCUT2D eigenvalue weighted by Gasteiger charge is -2.21. The van der Waals surface area contributed by atoms with Gasteiger partial charge in [0.1, 0.15) is 6.61 Å². The van der Waals surface area contributed by atoms with E-state index in [4.69, 9.17) is 9.73 Å². The summed E-state index contributed by atoms with van der Waals surface area (Å²) >= 11 is 0. The smallest absolute Gasteiger partial charge is 0.186 e. The summed E-state index contributed by atoms with van der Waals surface area (Å²) in [7, 11) is 0. The Kier molecular flexibility index (Phi) is 3.83. The van der Waals surface area contributed by atoms with Crippen molar-refractivity contribution in [2.24, 2.45) is 10.9 Å². The van der Waals surface area contributed by atoms with Gasteiger partial charge in [-0.1, -0.05) is 29.8 Å². The Labute approximate surface area is 115 Å². The molecule has 0 aromatic heterocycles. The van der Waals surface area contributed by atoms with Gasteiger partial charge in [0.15, 0.2) is 5.90 Å². The molecule has 1 aromatic rings. The van der Waals surface area contributed by atoms with Gasteiger partial charge in [0.2, 0.25) is 0 Å². The first kappa shape index (κ1) is 12.7. The minimum Gasteiger partial charge on any atom is -0.478 e. The van der Waals surface area contributed by atoms with E-state index in [1.54, 1.807) is 0 Å². The number of aliphatic imine (C=N–C) groups is 1. The number of hydrogen-bond donors (Lipinski definition) is 1. The van der Waals surface area contributed by atoms with Crippen LogP contribution in [0, 0.1) is 12.8 Å². The fraction of sp³-hybridized carbons (Fsp3) is 0.562. The highest BCUT2D eigenvalue weighted by atomic mass is 16.5. The predicted molar refractivity (Wildman–Crippen MR) is 77.7 cm³/mol. The molecule has 2 aliphatic heterocycles. The molecule has 0 saturated carbocycles. The van der Waals surface area contributed by atoms with Crippen molar-refractivity contribution in [1.82, 2.24) is 5.32 Å². The van der Waals surface area contributed by atoms with Gasteiger partial charge in [-0.3, -0.25) is 0 Å². The van der Waals surface area contributed by atoms with Crippen LogP contribution < -0.4 is 5.32 Å². The van der Waals surface area contributed by atoms with Crippen LogP contribution >= 0.6 is 0 Å². The molecule has 1 saturated heterocycles. The molecule has 0 bridgehead atoms. The lowest BCUT2D eigenvalue weighted by atomic mass is 9.98. The average Bonchev–Trinajstić information content (AvgIpc) is 2.88. The van der Waals surface area contributed by atoms with Crippen LogP contribution in [-0.2, 0) is 11.2 Å². The predicted octanol–water partition coefficient (Wildman–Crippen LogP) is 2.33. The third-order valence-corrected chi connectivity index (χ3v) is 3.98. The minimum atomic E-state index is 0.312. The summed E-state index contributed by atoms with van der Waals surface area (Å²) in [6, 6.07) is 9.01. The van der Waals surface area contributed by atoms with E-state index in [0.717, 1.165) is 44.9 Å². The molecular weight excluding hydrogens is 236 g/mol. The topological polar surface area (TPSA) is 33.6 Å². The van der Waals surface area contributed by atoms with E-state index in [0.29, 0.717) is 12.0 Å². The number of ether oxygens (including phenoxy) is 1. The molecule has 0 spiro atoms. The number of nitrogens with one attached hydrogen (secondary N) is 1. The molecule has 3 rings (SSSR count). The van der Waals surface area contributed by atoms with E-state index in [2.05, 4.69) is 36.5 Å². The molecule has 0 amide bonds. The van der Waals surface area contributed by atoms with Gasteiger partial charge < -0.3 is 10.1 Å². The first-order valence-electron chi connectivity index (χ1n) is 7.28. The van der Waals surface area contributed by atoms with Crippen LogP contribution in [0.4, 0.5) is 0 Å². The lowest BCUT2D eigenvalue weighted by molar-refractivity contribution is 0.284. The fourth-order valence-corrected chi connectivity index (χ4v) is 2.94. The first-order chi connectivity index (χ1) is 9.31. The maximum atomic E-state index is 5.83. The van der Waals surface area contributed by atoms with Crippen molar-refractivity contribution < 1.29 is 4.74 Å². The zero-order valence-electron chi connectivity index (χ0n) is 11.6. The van der Waals surface area contributed by atoms with Crippen LogP contribution in [0.15, 0.2) is 29.3 Å². The Morgan fingerprint density at radius 2 is 2.16 bits per heavy atom. The van der Waals surface area contributed by atoms with E-state index in [-0.39, 0.29) is 0 Å². The Hall–Kier alpha value is -1.35. The Bertz CT molecular complexity index is 464. The highest BCUT2D eigenvalue weighted by molar-refractivity contribution is 5.80. The van der Waals surface area contributed by atoms with Crippen molar-refractivity contribution in [2.75, 3.05) is 19.7 Å². The highest BCUT2D eigenvalue weighted by Crippen LogP contribution is 2.21. The number of aryl methyl sites for hydroxylation is 1. The van der Waals surface area contributed by atoms with Gasteiger partial charge in [-0.25, -0.2) is 4.99 Å². The SMILES string of the molecule is Cc1cccc(CC2COC(C3CCNCC3)=N2)c1. The molecule has 19 heavy (non-hydrogen) atoms. The van der Waals surface area contributed by atoms with Crippen molar-refractivity contribution in [3.8, 4) is 0 Å². The second-order valence-corrected chi connectivity index (χ2v) is 5.65. The van der Waals surface area contributed by atoms with Gasteiger partial charge in [-0.2, -0.15) is 0 Å². The van der Waals surface area contributed by atoms with Crippen molar-refractivity contribution in [1.29, 1.82) is 0 Å². The molecular formula is C16H22N2O. The van der Waals surface area contributed by atoms with Crippen molar-refractivity contribution in [3.05, 3.63) is 35.4 Å². The Morgan fingerprint density at radius 1 is 1.32 bits per heavy atom. The molecule has 0 aliphatic carbocycles. The van der Waals surface area contributed by atoms with Crippen LogP contribution in [-0.4, -0.2) is 31.6 Å². The molecule has 1 unspecified atom stereocenters. The normalized spacial score (nSPS) is 24.1. The third kappa shape index (κ3) is 3.16. The number of piperidine rings is 1. The lowest BCUT2D eigenvalue weighted by Crippen LogP contribution is -2.31. The maximum absolute atomic E-state index is 5.83. The molecule has 0 radical (unpaired) electrons. The van der Waals surface area contributed by atoms with Crippen LogP contribution in [0.3, 0.4) is 0 Å². The van der Waals surface area contributed by atoms with Gasteiger partial charge in [-0.05, 0) is 44.8 Å². The van der Waals surface area contributed by atoms with Crippen LogP contribution in [0.2, 0.25) is 0 Å². The molecule has 102 valence electrons. The summed E-state index contributed by atoms with van der Waals surface area (Å²) < 4.78 is 5.83. The zero-order valence-corrected chi connectivity index (χ0v) is 11.6. The third-order valence-electron chi connectivity index (χ3n) is 3.98. The Morgan fingerprint density at radius 3 is 2.95 bits per heavy atom. The first-order valence-corrected chi connectivity index (χ1v) is 7.28.